The van der Waals surface area contributed by atoms with Crippen molar-refractivity contribution in [2.45, 2.75) is 44.9 Å². The Balaban J connectivity index is 1.86. The van der Waals surface area contributed by atoms with Crippen LogP contribution in [0.15, 0.2) is 41.3 Å². The molecule has 2 amide bonds. The standard InChI is InChI=1S/C21H25N3O4S/c1-4-11-24-19-8-6-18(13-16(19)5-10-21(24)26)23-29(27,28)20-9-7-17(12-14(20)2)22-15(3)25/h6-9,12-13,23H,4-5,10-11H2,1-3H3,(H,22,25). The second-order valence-corrected chi connectivity index (χ2v) is 8.81. The molecule has 0 saturated heterocycles. The van der Waals surface area contributed by atoms with E-state index in [-0.39, 0.29) is 16.7 Å². The lowest BCUT2D eigenvalue weighted by Crippen LogP contribution is -2.35. The third kappa shape index (κ3) is 4.59. The van der Waals surface area contributed by atoms with Crippen molar-refractivity contribution in [3.8, 4) is 0 Å². The Labute approximate surface area is 171 Å². The molecule has 1 aliphatic heterocycles. The molecule has 2 aromatic rings. The van der Waals surface area contributed by atoms with Crippen LogP contribution in [0.1, 0.15) is 37.8 Å². The summed E-state index contributed by atoms with van der Waals surface area (Å²) in [7, 11) is -3.79. The van der Waals surface area contributed by atoms with Gasteiger partial charge in [0.2, 0.25) is 11.8 Å². The van der Waals surface area contributed by atoms with Gasteiger partial charge in [-0.2, -0.15) is 0 Å². The first kappa shape index (κ1) is 20.9. The highest BCUT2D eigenvalue weighted by Gasteiger charge is 2.24. The van der Waals surface area contributed by atoms with E-state index in [1.807, 2.05) is 6.92 Å². The quantitative estimate of drug-likeness (QED) is 0.755. The summed E-state index contributed by atoms with van der Waals surface area (Å²) in [6.07, 6.45) is 1.87. The molecule has 1 heterocycles. The molecular formula is C21H25N3O4S. The van der Waals surface area contributed by atoms with Crippen LogP contribution in [0.3, 0.4) is 0 Å². The average Bonchev–Trinajstić information content (AvgIpc) is 2.63. The van der Waals surface area contributed by atoms with Crippen molar-refractivity contribution in [1.82, 2.24) is 0 Å². The topological polar surface area (TPSA) is 95.6 Å². The van der Waals surface area contributed by atoms with Crippen molar-refractivity contribution < 1.29 is 18.0 Å². The van der Waals surface area contributed by atoms with Gasteiger partial charge in [0.15, 0.2) is 0 Å². The summed E-state index contributed by atoms with van der Waals surface area (Å²) in [4.78, 5) is 25.3. The first-order chi connectivity index (χ1) is 13.7. The second-order valence-electron chi connectivity index (χ2n) is 7.16. The molecule has 0 spiro atoms. The van der Waals surface area contributed by atoms with E-state index >= 15 is 0 Å². The monoisotopic (exact) mass is 415 g/mol. The van der Waals surface area contributed by atoms with Crippen LogP contribution in [-0.2, 0) is 26.0 Å². The summed E-state index contributed by atoms with van der Waals surface area (Å²) in [6, 6.07) is 9.93. The van der Waals surface area contributed by atoms with Crippen LogP contribution in [0.25, 0.3) is 0 Å². The van der Waals surface area contributed by atoms with Gasteiger partial charge in [-0.15, -0.1) is 0 Å². The maximum absolute atomic E-state index is 12.9. The van der Waals surface area contributed by atoms with Crippen molar-refractivity contribution in [2.24, 2.45) is 0 Å². The molecule has 2 aromatic carbocycles. The normalized spacial score (nSPS) is 13.8. The number of carbonyl (C=O) groups is 2. The van der Waals surface area contributed by atoms with Crippen LogP contribution >= 0.6 is 0 Å². The zero-order valence-corrected chi connectivity index (χ0v) is 17.6. The molecule has 0 unspecified atom stereocenters. The van der Waals surface area contributed by atoms with Gasteiger partial charge < -0.3 is 10.2 Å². The number of sulfonamides is 1. The van der Waals surface area contributed by atoms with Gasteiger partial charge in [-0.05, 0) is 67.3 Å². The molecule has 0 saturated carbocycles. The number of aryl methyl sites for hydroxylation is 2. The summed E-state index contributed by atoms with van der Waals surface area (Å²) in [5, 5.41) is 2.64. The molecule has 0 fully saturated rings. The zero-order chi connectivity index (χ0) is 21.2. The Hall–Kier alpha value is -2.87. The molecule has 0 atom stereocenters. The van der Waals surface area contributed by atoms with Gasteiger partial charge in [-0.25, -0.2) is 8.42 Å². The fraction of sp³-hybridized carbons (Fsp3) is 0.333. The lowest BCUT2D eigenvalue weighted by Gasteiger charge is -2.29. The molecule has 3 rings (SSSR count). The van der Waals surface area contributed by atoms with Crippen LogP contribution < -0.4 is 14.9 Å². The number of fused-ring (bicyclic) bond motifs is 1. The molecule has 0 aromatic heterocycles. The minimum Gasteiger partial charge on any atom is -0.326 e. The maximum Gasteiger partial charge on any atom is 0.262 e. The Morgan fingerprint density at radius 2 is 1.83 bits per heavy atom. The number of nitrogens with zero attached hydrogens (tertiary/aromatic N) is 1. The Morgan fingerprint density at radius 3 is 2.48 bits per heavy atom. The number of anilines is 3. The van der Waals surface area contributed by atoms with Gasteiger partial charge in [-0.1, -0.05) is 6.92 Å². The highest BCUT2D eigenvalue weighted by Crippen LogP contribution is 2.31. The number of amides is 2. The third-order valence-electron chi connectivity index (χ3n) is 4.76. The molecule has 154 valence electrons. The van der Waals surface area contributed by atoms with Gasteiger partial charge in [0.1, 0.15) is 0 Å². The lowest BCUT2D eigenvalue weighted by molar-refractivity contribution is -0.119. The SMILES string of the molecule is CCCN1C(=O)CCc2cc(NS(=O)(=O)c3ccc(NC(C)=O)cc3C)ccc21. The van der Waals surface area contributed by atoms with E-state index in [1.165, 1.54) is 13.0 Å². The van der Waals surface area contributed by atoms with Gasteiger partial charge in [0, 0.05) is 37.0 Å². The molecular weight excluding hydrogens is 390 g/mol. The van der Waals surface area contributed by atoms with E-state index in [0.29, 0.717) is 36.3 Å². The number of carbonyl (C=O) groups excluding carboxylic acids is 2. The number of hydrogen-bond acceptors (Lipinski definition) is 4. The number of hydrogen-bond donors (Lipinski definition) is 2. The number of rotatable bonds is 6. The minimum atomic E-state index is -3.79. The molecule has 1 aliphatic rings. The average molecular weight is 416 g/mol. The first-order valence-electron chi connectivity index (χ1n) is 9.55. The smallest absolute Gasteiger partial charge is 0.262 e. The molecule has 29 heavy (non-hydrogen) atoms. The number of benzene rings is 2. The van der Waals surface area contributed by atoms with E-state index < -0.39 is 10.0 Å². The summed E-state index contributed by atoms with van der Waals surface area (Å²) in [5.74, 6) is -0.120. The van der Waals surface area contributed by atoms with Crippen LogP contribution in [0.2, 0.25) is 0 Å². The molecule has 7 nitrogen and oxygen atoms in total. The van der Waals surface area contributed by atoms with Crippen LogP contribution in [0.5, 0.6) is 0 Å². The van der Waals surface area contributed by atoms with Gasteiger partial charge in [0.25, 0.3) is 10.0 Å². The van der Waals surface area contributed by atoms with Crippen molar-refractivity contribution >= 4 is 38.9 Å². The van der Waals surface area contributed by atoms with E-state index in [1.54, 1.807) is 42.2 Å². The van der Waals surface area contributed by atoms with Crippen molar-refractivity contribution in [3.05, 3.63) is 47.5 Å². The van der Waals surface area contributed by atoms with Crippen molar-refractivity contribution in [2.75, 3.05) is 21.5 Å². The van der Waals surface area contributed by atoms with Crippen molar-refractivity contribution in [1.29, 1.82) is 0 Å². The van der Waals surface area contributed by atoms with E-state index in [2.05, 4.69) is 10.0 Å². The summed E-state index contributed by atoms with van der Waals surface area (Å²) < 4.78 is 28.4. The Morgan fingerprint density at radius 1 is 1.10 bits per heavy atom. The molecule has 0 aliphatic carbocycles. The van der Waals surface area contributed by atoms with Crippen LogP contribution in [-0.4, -0.2) is 26.8 Å². The predicted molar refractivity (Wildman–Crippen MR) is 114 cm³/mol. The fourth-order valence-electron chi connectivity index (χ4n) is 3.53. The Kier molecular flexibility index (Phi) is 5.93. The fourth-order valence-corrected chi connectivity index (χ4v) is 4.81. The highest BCUT2D eigenvalue weighted by molar-refractivity contribution is 7.92. The van der Waals surface area contributed by atoms with Gasteiger partial charge in [0.05, 0.1) is 4.90 Å². The van der Waals surface area contributed by atoms with Crippen LogP contribution in [0.4, 0.5) is 17.1 Å². The molecule has 0 radical (unpaired) electrons. The van der Waals surface area contributed by atoms with Gasteiger partial charge >= 0.3 is 0 Å². The summed E-state index contributed by atoms with van der Waals surface area (Å²) in [6.45, 7) is 5.74. The number of nitrogens with one attached hydrogen (secondary N) is 2. The van der Waals surface area contributed by atoms with E-state index in [4.69, 9.17) is 0 Å². The molecule has 0 bridgehead atoms. The largest absolute Gasteiger partial charge is 0.326 e. The Bertz CT molecular complexity index is 1060. The van der Waals surface area contributed by atoms with E-state index in [0.717, 1.165) is 17.7 Å². The zero-order valence-electron chi connectivity index (χ0n) is 16.8. The highest BCUT2D eigenvalue weighted by atomic mass is 32.2. The second kappa shape index (κ2) is 8.24. The van der Waals surface area contributed by atoms with Crippen molar-refractivity contribution in [3.63, 3.8) is 0 Å². The lowest BCUT2D eigenvalue weighted by atomic mass is 10.0. The van der Waals surface area contributed by atoms with E-state index in [9.17, 15) is 18.0 Å². The first-order valence-corrected chi connectivity index (χ1v) is 11.0. The maximum atomic E-state index is 12.9. The van der Waals surface area contributed by atoms with Crippen LogP contribution in [0, 0.1) is 6.92 Å². The molecule has 8 heteroatoms. The summed E-state index contributed by atoms with van der Waals surface area (Å²) >= 11 is 0. The molecule has 2 N–H and O–H groups in total. The minimum absolute atomic E-state index is 0.0996. The predicted octanol–water partition coefficient (Wildman–Crippen LogP) is 3.44. The summed E-state index contributed by atoms with van der Waals surface area (Å²) in [5.41, 5.74) is 3.34. The van der Waals surface area contributed by atoms with Gasteiger partial charge in [-0.3, -0.25) is 14.3 Å². The third-order valence-corrected chi connectivity index (χ3v) is 6.31.